The number of hydrogen-bond donors (Lipinski definition) is 1. The summed E-state index contributed by atoms with van der Waals surface area (Å²) < 4.78 is 26.2. The largest absolute Gasteiger partial charge is 0.343 e. The third-order valence-electron chi connectivity index (χ3n) is 2.80. The van der Waals surface area contributed by atoms with Gasteiger partial charge in [0.1, 0.15) is 0 Å². The van der Waals surface area contributed by atoms with Crippen molar-refractivity contribution in [2.45, 2.75) is 25.2 Å². The molecule has 0 aliphatic rings. The van der Waals surface area contributed by atoms with Gasteiger partial charge in [-0.15, -0.1) is 0 Å². The molecule has 1 N–H and O–H groups in total. The van der Waals surface area contributed by atoms with Gasteiger partial charge in [-0.3, -0.25) is 4.79 Å². The van der Waals surface area contributed by atoms with Crippen LogP contribution < -0.4 is 4.72 Å². The SMILES string of the molecule is CCN(CC)C(=O)CCNS(=O)(=O)c1ccccc1. The maximum Gasteiger partial charge on any atom is 0.240 e. The molecule has 0 aromatic heterocycles. The molecule has 0 spiro atoms. The van der Waals surface area contributed by atoms with Crippen LogP contribution in [0.5, 0.6) is 0 Å². The maximum atomic E-state index is 11.9. The highest BCUT2D eigenvalue weighted by Gasteiger charge is 2.14. The van der Waals surface area contributed by atoms with Gasteiger partial charge in [0, 0.05) is 26.1 Å². The van der Waals surface area contributed by atoms with Crippen molar-refractivity contribution in [3.05, 3.63) is 30.3 Å². The zero-order chi connectivity index (χ0) is 14.3. The van der Waals surface area contributed by atoms with Crippen LogP contribution in [0.25, 0.3) is 0 Å². The van der Waals surface area contributed by atoms with Crippen molar-refractivity contribution in [2.24, 2.45) is 0 Å². The zero-order valence-electron chi connectivity index (χ0n) is 11.3. The molecule has 0 unspecified atom stereocenters. The van der Waals surface area contributed by atoms with Gasteiger partial charge >= 0.3 is 0 Å². The molecule has 0 saturated carbocycles. The van der Waals surface area contributed by atoms with Gasteiger partial charge in [-0.25, -0.2) is 13.1 Å². The molecule has 1 aromatic rings. The van der Waals surface area contributed by atoms with E-state index in [4.69, 9.17) is 0 Å². The molecule has 1 rings (SSSR count). The summed E-state index contributed by atoms with van der Waals surface area (Å²) in [7, 11) is -3.52. The highest BCUT2D eigenvalue weighted by molar-refractivity contribution is 7.89. The van der Waals surface area contributed by atoms with Crippen molar-refractivity contribution in [2.75, 3.05) is 19.6 Å². The Hall–Kier alpha value is -1.40. The fraction of sp³-hybridized carbons (Fsp3) is 0.462. The smallest absolute Gasteiger partial charge is 0.240 e. The number of carbonyl (C=O) groups is 1. The minimum absolute atomic E-state index is 0.0410. The molecule has 1 aromatic carbocycles. The van der Waals surface area contributed by atoms with Crippen molar-refractivity contribution >= 4 is 15.9 Å². The second kappa shape index (κ2) is 7.25. The number of rotatable bonds is 7. The van der Waals surface area contributed by atoms with Gasteiger partial charge in [-0.2, -0.15) is 0 Å². The fourth-order valence-corrected chi connectivity index (χ4v) is 2.76. The number of benzene rings is 1. The maximum absolute atomic E-state index is 11.9. The van der Waals surface area contributed by atoms with Crippen LogP contribution in [0.3, 0.4) is 0 Å². The molecule has 0 saturated heterocycles. The number of carbonyl (C=O) groups excluding carboxylic acids is 1. The lowest BCUT2D eigenvalue weighted by Gasteiger charge is -2.18. The monoisotopic (exact) mass is 284 g/mol. The Morgan fingerprint density at radius 3 is 2.26 bits per heavy atom. The van der Waals surface area contributed by atoms with Crippen molar-refractivity contribution < 1.29 is 13.2 Å². The zero-order valence-corrected chi connectivity index (χ0v) is 12.1. The van der Waals surface area contributed by atoms with E-state index in [1.54, 1.807) is 23.1 Å². The van der Waals surface area contributed by atoms with E-state index in [9.17, 15) is 13.2 Å². The van der Waals surface area contributed by atoms with Crippen LogP contribution in [0, 0.1) is 0 Å². The van der Waals surface area contributed by atoms with Crippen LogP contribution in [0.1, 0.15) is 20.3 Å². The van der Waals surface area contributed by atoms with Crippen molar-refractivity contribution in [3.63, 3.8) is 0 Å². The van der Waals surface area contributed by atoms with Gasteiger partial charge in [-0.1, -0.05) is 18.2 Å². The molecule has 0 atom stereocenters. The molecule has 19 heavy (non-hydrogen) atoms. The number of nitrogens with one attached hydrogen (secondary N) is 1. The standard InChI is InChI=1S/C13H20N2O3S/c1-3-15(4-2)13(16)10-11-14-19(17,18)12-8-6-5-7-9-12/h5-9,14H,3-4,10-11H2,1-2H3. The average molecular weight is 284 g/mol. The minimum Gasteiger partial charge on any atom is -0.343 e. The summed E-state index contributed by atoms with van der Waals surface area (Å²) in [6.45, 7) is 5.19. The summed E-state index contributed by atoms with van der Waals surface area (Å²) in [6, 6.07) is 8.12. The predicted molar refractivity (Wildman–Crippen MR) is 74.2 cm³/mol. The Bertz CT molecular complexity index is 496. The van der Waals surface area contributed by atoms with Crippen molar-refractivity contribution in [1.29, 1.82) is 0 Å². The third kappa shape index (κ3) is 4.65. The molecule has 0 aliphatic carbocycles. The van der Waals surface area contributed by atoms with E-state index in [-0.39, 0.29) is 23.8 Å². The van der Waals surface area contributed by atoms with Gasteiger partial charge in [0.2, 0.25) is 15.9 Å². The number of hydrogen-bond acceptors (Lipinski definition) is 3. The summed E-state index contributed by atoms with van der Waals surface area (Å²) in [5.74, 6) is -0.0410. The first-order chi connectivity index (χ1) is 9.01. The van der Waals surface area contributed by atoms with Crippen LogP contribution in [-0.2, 0) is 14.8 Å². The molecular weight excluding hydrogens is 264 g/mol. The third-order valence-corrected chi connectivity index (χ3v) is 4.28. The molecular formula is C13H20N2O3S. The summed E-state index contributed by atoms with van der Waals surface area (Å²) in [5.41, 5.74) is 0. The lowest BCUT2D eigenvalue weighted by Crippen LogP contribution is -2.34. The second-order valence-electron chi connectivity index (χ2n) is 4.03. The Morgan fingerprint density at radius 1 is 1.16 bits per heavy atom. The Labute approximate surface area is 114 Å². The normalized spacial score (nSPS) is 11.3. The molecule has 1 amide bonds. The van der Waals surface area contributed by atoms with Gasteiger partial charge in [0.25, 0.3) is 0 Å². The van der Waals surface area contributed by atoms with Crippen LogP contribution in [0.15, 0.2) is 35.2 Å². The van der Waals surface area contributed by atoms with Crippen LogP contribution in [0.2, 0.25) is 0 Å². The quantitative estimate of drug-likeness (QED) is 0.819. The molecule has 0 aliphatic heterocycles. The van der Waals surface area contributed by atoms with Crippen molar-refractivity contribution in [1.82, 2.24) is 9.62 Å². The van der Waals surface area contributed by atoms with Gasteiger partial charge in [-0.05, 0) is 26.0 Å². The van der Waals surface area contributed by atoms with Crippen molar-refractivity contribution in [3.8, 4) is 0 Å². The molecule has 0 radical (unpaired) electrons. The summed E-state index contributed by atoms with van der Waals surface area (Å²) in [5, 5.41) is 0. The summed E-state index contributed by atoms with van der Waals surface area (Å²) in [6.07, 6.45) is 0.174. The molecule has 106 valence electrons. The molecule has 0 fully saturated rings. The highest BCUT2D eigenvalue weighted by atomic mass is 32.2. The fourth-order valence-electron chi connectivity index (χ4n) is 1.71. The number of amides is 1. The van der Waals surface area contributed by atoms with E-state index >= 15 is 0 Å². The number of sulfonamides is 1. The van der Waals surface area contributed by atoms with Gasteiger partial charge in [0.15, 0.2) is 0 Å². The average Bonchev–Trinajstić information content (AvgIpc) is 2.41. The number of nitrogens with zero attached hydrogens (tertiary/aromatic N) is 1. The first-order valence-corrected chi connectivity index (χ1v) is 7.82. The van der Waals surface area contributed by atoms with Crippen LogP contribution in [-0.4, -0.2) is 38.9 Å². The van der Waals surface area contributed by atoms with E-state index in [1.165, 1.54) is 12.1 Å². The second-order valence-corrected chi connectivity index (χ2v) is 5.79. The first kappa shape index (κ1) is 15.7. The Morgan fingerprint density at radius 2 is 1.74 bits per heavy atom. The van der Waals surface area contributed by atoms with Gasteiger partial charge < -0.3 is 4.90 Å². The van der Waals surface area contributed by atoms with E-state index in [0.717, 1.165) is 0 Å². The lowest BCUT2D eigenvalue weighted by molar-refractivity contribution is -0.130. The lowest BCUT2D eigenvalue weighted by atomic mass is 10.3. The van der Waals surface area contributed by atoms with E-state index < -0.39 is 10.0 Å². The first-order valence-electron chi connectivity index (χ1n) is 6.33. The van der Waals surface area contributed by atoms with E-state index in [2.05, 4.69) is 4.72 Å². The summed E-state index contributed by atoms with van der Waals surface area (Å²) >= 11 is 0. The molecule has 0 bridgehead atoms. The van der Waals surface area contributed by atoms with Crippen LogP contribution >= 0.6 is 0 Å². The predicted octanol–water partition coefficient (Wildman–Crippen LogP) is 1.22. The Balaban J connectivity index is 2.52. The molecule has 6 heteroatoms. The Kier molecular flexibility index (Phi) is 5.98. The van der Waals surface area contributed by atoms with E-state index in [1.807, 2.05) is 13.8 Å². The van der Waals surface area contributed by atoms with Gasteiger partial charge in [0.05, 0.1) is 4.90 Å². The topological polar surface area (TPSA) is 66.5 Å². The molecule has 0 heterocycles. The molecule has 5 nitrogen and oxygen atoms in total. The highest BCUT2D eigenvalue weighted by Crippen LogP contribution is 2.06. The van der Waals surface area contributed by atoms with E-state index in [0.29, 0.717) is 13.1 Å². The minimum atomic E-state index is -3.52. The summed E-state index contributed by atoms with van der Waals surface area (Å²) in [4.78, 5) is 13.6. The van der Waals surface area contributed by atoms with Crippen LogP contribution in [0.4, 0.5) is 0 Å².